The molecule has 2 aromatic rings. The van der Waals surface area contributed by atoms with Gasteiger partial charge in [-0.2, -0.15) is 0 Å². The topological polar surface area (TPSA) is 60.5 Å². The molecule has 1 amide bonds. The number of ether oxygens (including phenoxy) is 4. The first-order valence-corrected chi connectivity index (χ1v) is 11.4. The van der Waals surface area contributed by atoms with E-state index in [1.807, 2.05) is 25.1 Å². The van der Waals surface area contributed by atoms with Crippen molar-refractivity contribution >= 4 is 5.91 Å². The summed E-state index contributed by atoms with van der Waals surface area (Å²) in [5.74, 6) is 1.23. The molecule has 4 rings (SSSR count). The lowest BCUT2D eigenvalue weighted by molar-refractivity contribution is -0.138. The fourth-order valence-corrected chi connectivity index (χ4v) is 4.08. The quantitative estimate of drug-likeness (QED) is 0.544. The third kappa shape index (κ3) is 6.15. The highest BCUT2D eigenvalue weighted by Gasteiger charge is 2.29. The number of benzene rings is 2. The Kier molecular flexibility index (Phi) is 7.67. The zero-order chi connectivity index (χ0) is 23.2. The van der Waals surface area contributed by atoms with Gasteiger partial charge in [-0.15, -0.1) is 0 Å². The van der Waals surface area contributed by atoms with Crippen LogP contribution in [0.2, 0.25) is 0 Å². The molecule has 2 atom stereocenters. The Labute approximate surface area is 194 Å². The standard InChI is InChI=1S/C25H31FN2O5/c1-3-27(2)25(29)24(33-20-7-4-6-19(26)13-20)16-28(15-21-8-5-11-30-21)14-18-9-10-22-23(12-18)32-17-31-22/h4,6-7,9-10,12-13,21,24H,3,5,8,11,14-17H2,1-2H3. The average Bonchev–Trinajstić information content (AvgIpc) is 3.49. The number of nitrogens with zero attached hydrogens (tertiary/aromatic N) is 2. The van der Waals surface area contributed by atoms with Crippen LogP contribution in [0.15, 0.2) is 42.5 Å². The second kappa shape index (κ2) is 10.9. The third-order valence-corrected chi connectivity index (χ3v) is 5.95. The van der Waals surface area contributed by atoms with Gasteiger partial charge >= 0.3 is 0 Å². The number of amides is 1. The summed E-state index contributed by atoms with van der Waals surface area (Å²) in [6.45, 7) is 5.03. The Hall–Kier alpha value is -2.84. The van der Waals surface area contributed by atoms with Gasteiger partial charge < -0.3 is 23.8 Å². The van der Waals surface area contributed by atoms with Crippen LogP contribution in [0.3, 0.4) is 0 Å². The van der Waals surface area contributed by atoms with Gasteiger partial charge in [0.1, 0.15) is 11.6 Å². The van der Waals surface area contributed by atoms with Crippen molar-refractivity contribution in [3.63, 3.8) is 0 Å². The zero-order valence-electron chi connectivity index (χ0n) is 19.2. The molecule has 2 heterocycles. The minimum Gasteiger partial charge on any atom is -0.479 e. The smallest absolute Gasteiger partial charge is 0.264 e. The van der Waals surface area contributed by atoms with Crippen LogP contribution in [0.25, 0.3) is 0 Å². The third-order valence-electron chi connectivity index (χ3n) is 5.95. The van der Waals surface area contributed by atoms with Crippen molar-refractivity contribution in [1.29, 1.82) is 0 Å². The Morgan fingerprint density at radius 3 is 2.82 bits per heavy atom. The molecule has 0 spiro atoms. The highest BCUT2D eigenvalue weighted by Crippen LogP contribution is 2.33. The van der Waals surface area contributed by atoms with Gasteiger partial charge in [-0.25, -0.2) is 4.39 Å². The highest BCUT2D eigenvalue weighted by molar-refractivity contribution is 5.81. The fourth-order valence-electron chi connectivity index (χ4n) is 4.08. The second-order valence-corrected chi connectivity index (χ2v) is 8.43. The monoisotopic (exact) mass is 458 g/mol. The molecular weight excluding hydrogens is 427 g/mol. The van der Waals surface area contributed by atoms with Crippen molar-refractivity contribution in [3.05, 3.63) is 53.8 Å². The van der Waals surface area contributed by atoms with Crippen molar-refractivity contribution in [2.45, 2.75) is 38.5 Å². The Morgan fingerprint density at radius 1 is 1.21 bits per heavy atom. The second-order valence-electron chi connectivity index (χ2n) is 8.43. The lowest BCUT2D eigenvalue weighted by Gasteiger charge is -2.31. The number of rotatable bonds is 10. The van der Waals surface area contributed by atoms with E-state index in [-0.39, 0.29) is 18.8 Å². The molecule has 2 aromatic carbocycles. The van der Waals surface area contributed by atoms with E-state index in [9.17, 15) is 9.18 Å². The SMILES string of the molecule is CCN(C)C(=O)C(CN(Cc1ccc2c(c1)OCO2)CC1CCCO1)Oc1cccc(F)c1. The van der Waals surface area contributed by atoms with Crippen LogP contribution in [0.5, 0.6) is 17.2 Å². The molecule has 0 saturated carbocycles. The molecular formula is C25H31FN2O5. The summed E-state index contributed by atoms with van der Waals surface area (Å²) in [6.07, 6.45) is 1.33. The number of carbonyl (C=O) groups is 1. The van der Waals surface area contributed by atoms with Crippen molar-refractivity contribution in [1.82, 2.24) is 9.80 Å². The predicted octanol–water partition coefficient (Wildman–Crippen LogP) is 3.46. The van der Waals surface area contributed by atoms with E-state index in [4.69, 9.17) is 18.9 Å². The summed E-state index contributed by atoms with van der Waals surface area (Å²) < 4.78 is 36.6. The molecule has 0 aliphatic carbocycles. The molecule has 178 valence electrons. The molecule has 0 radical (unpaired) electrons. The lowest BCUT2D eigenvalue weighted by Crippen LogP contribution is -2.48. The Balaban J connectivity index is 1.54. The Morgan fingerprint density at radius 2 is 2.06 bits per heavy atom. The number of halogens is 1. The van der Waals surface area contributed by atoms with E-state index < -0.39 is 11.9 Å². The molecule has 33 heavy (non-hydrogen) atoms. The molecule has 1 saturated heterocycles. The molecule has 0 bridgehead atoms. The first-order valence-electron chi connectivity index (χ1n) is 11.4. The summed E-state index contributed by atoms with van der Waals surface area (Å²) in [7, 11) is 1.74. The maximum atomic E-state index is 13.7. The van der Waals surface area contributed by atoms with Gasteiger partial charge in [0.2, 0.25) is 6.79 Å². The van der Waals surface area contributed by atoms with E-state index in [2.05, 4.69) is 4.90 Å². The van der Waals surface area contributed by atoms with Gasteiger partial charge in [0.25, 0.3) is 5.91 Å². The maximum absolute atomic E-state index is 13.7. The van der Waals surface area contributed by atoms with E-state index in [1.165, 1.54) is 12.1 Å². The maximum Gasteiger partial charge on any atom is 0.264 e. The summed E-state index contributed by atoms with van der Waals surface area (Å²) >= 11 is 0. The van der Waals surface area contributed by atoms with Gasteiger partial charge in [-0.3, -0.25) is 9.69 Å². The van der Waals surface area contributed by atoms with Crippen LogP contribution in [0.4, 0.5) is 4.39 Å². The van der Waals surface area contributed by atoms with E-state index in [1.54, 1.807) is 24.1 Å². The van der Waals surface area contributed by atoms with Crippen molar-refractivity contribution < 1.29 is 28.1 Å². The van der Waals surface area contributed by atoms with E-state index in [0.29, 0.717) is 31.9 Å². The summed E-state index contributed by atoms with van der Waals surface area (Å²) in [5.41, 5.74) is 1.04. The van der Waals surface area contributed by atoms with Crippen molar-refractivity contribution in [2.24, 2.45) is 0 Å². The first-order chi connectivity index (χ1) is 16.0. The molecule has 2 aliphatic rings. The minimum atomic E-state index is -0.785. The van der Waals surface area contributed by atoms with Gasteiger partial charge in [-0.1, -0.05) is 12.1 Å². The number of hydrogen-bond acceptors (Lipinski definition) is 6. The average molecular weight is 459 g/mol. The number of hydrogen-bond donors (Lipinski definition) is 0. The van der Waals surface area contributed by atoms with Crippen LogP contribution in [-0.4, -0.2) is 68.0 Å². The molecule has 2 unspecified atom stereocenters. The molecule has 2 aliphatic heterocycles. The molecule has 8 heteroatoms. The summed E-state index contributed by atoms with van der Waals surface area (Å²) in [6, 6.07) is 11.8. The minimum absolute atomic E-state index is 0.104. The van der Waals surface area contributed by atoms with Crippen LogP contribution in [0, 0.1) is 5.82 Å². The lowest BCUT2D eigenvalue weighted by atomic mass is 10.1. The van der Waals surface area contributed by atoms with Crippen LogP contribution in [-0.2, 0) is 16.1 Å². The molecule has 0 N–H and O–H groups in total. The normalized spacial score (nSPS) is 17.9. The molecule has 0 aromatic heterocycles. The van der Waals surface area contributed by atoms with Crippen molar-refractivity contribution in [3.8, 4) is 17.2 Å². The summed E-state index contributed by atoms with van der Waals surface area (Å²) in [4.78, 5) is 16.9. The number of carbonyl (C=O) groups excluding carboxylic acids is 1. The number of likely N-dealkylation sites (N-methyl/N-ethyl adjacent to an activating group) is 1. The van der Waals surface area contributed by atoms with E-state index in [0.717, 1.165) is 36.5 Å². The van der Waals surface area contributed by atoms with E-state index >= 15 is 0 Å². The largest absolute Gasteiger partial charge is 0.479 e. The highest BCUT2D eigenvalue weighted by atomic mass is 19.1. The van der Waals surface area contributed by atoms with Crippen LogP contribution < -0.4 is 14.2 Å². The molecule has 7 nitrogen and oxygen atoms in total. The van der Waals surface area contributed by atoms with Gasteiger partial charge in [0.15, 0.2) is 17.6 Å². The van der Waals surface area contributed by atoms with Gasteiger partial charge in [0, 0.05) is 45.9 Å². The zero-order valence-corrected chi connectivity index (χ0v) is 19.2. The van der Waals surface area contributed by atoms with Gasteiger partial charge in [0.05, 0.1) is 6.10 Å². The van der Waals surface area contributed by atoms with Crippen molar-refractivity contribution in [2.75, 3.05) is 40.1 Å². The fraction of sp³-hybridized carbons (Fsp3) is 0.480. The van der Waals surface area contributed by atoms with Gasteiger partial charge in [-0.05, 0) is 49.6 Å². The molecule has 1 fully saturated rings. The van der Waals surface area contributed by atoms with Crippen LogP contribution >= 0.6 is 0 Å². The Bertz CT molecular complexity index is 950. The van der Waals surface area contributed by atoms with Crippen LogP contribution in [0.1, 0.15) is 25.3 Å². The number of fused-ring (bicyclic) bond motifs is 1. The first kappa shape index (κ1) is 23.3. The summed E-state index contributed by atoms with van der Waals surface area (Å²) in [5, 5.41) is 0. The predicted molar refractivity (Wildman–Crippen MR) is 121 cm³/mol.